The number of nitrogens with zero attached hydrogens (tertiary/aromatic N) is 4. The van der Waals surface area contributed by atoms with Gasteiger partial charge in [-0.1, -0.05) is 6.92 Å². The number of aromatic amines is 1. The van der Waals surface area contributed by atoms with Crippen LogP contribution >= 0.6 is 0 Å². The van der Waals surface area contributed by atoms with Crippen LogP contribution in [0.5, 0.6) is 0 Å². The lowest BCUT2D eigenvalue weighted by Gasteiger charge is -2.10. The number of nitrogens with one attached hydrogen (secondary N) is 2. The molecule has 0 aliphatic rings. The molecular weight excluding hydrogens is 307 g/mol. The Morgan fingerprint density at radius 3 is 3.00 bits per heavy atom. The Bertz CT molecular complexity index is 1020. The topological polar surface area (TPSA) is 70.9 Å². The second-order valence-corrected chi connectivity index (χ2v) is 5.84. The van der Waals surface area contributed by atoms with Crippen molar-refractivity contribution in [3.8, 4) is 11.1 Å². The van der Waals surface area contributed by atoms with Gasteiger partial charge in [-0.15, -0.1) is 0 Å². The summed E-state index contributed by atoms with van der Waals surface area (Å²) in [5.41, 5.74) is 3.12. The Labute approximate surface area is 137 Å². The van der Waals surface area contributed by atoms with Crippen LogP contribution in [0.1, 0.15) is 20.3 Å². The van der Waals surface area contributed by atoms with E-state index in [1.807, 2.05) is 12.3 Å². The van der Waals surface area contributed by atoms with Crippen molar-refractivity contribution in [1.29, 1.82) is 0 Å². The molecule has 6 nitrogen and oxygen atoms in total. The van der Waals surface area contributed by atoms with E-state index in [1.165, 1.54) is 10.6 Å². The van der Waals surface area contributed by atoms with Gasteiger partial charge in [0.1, 0.15) is 11.3 Å². The molecule has 0 fully saturated rings. The molecule has 4 aromatic rings. The third-order valence-corrected chi connectivity index (χ3v) is 4.19. The van der Waals surface area contributed by atoms with Gasteiger partial charge in [-0.3, -0.25) is 4.40 Å². The lowest BCUT2D eigenvalue weighted by molar-refractivity contribution is 0.573. The standard InChI is InChI=1S/C17H17FN6/c1-3-10(2)22-17-21-7-13-12(6-20-16(13)23-17)11-4-5-15-19-8-14(18)24(15)9-11/h4-10H,3H2,1-2H3,(H2,20,21,22,23). The van der Waals surface area contributed by atoms with Gasteiger partial charge < -0.3 is 10.3 Å². The third kappa shape index (κ3) is 2.38. The quantitative estimate of drug-likeness (QED) is 0.601. The molecule has 0 radical (unpaired) electrons. The summed E-state index contributed by atoms with van der Waals surface area (Å²) in [6, 6.07) is 4.01. The first-order valence-corrected chi connectivity index (χ1v) is 7.89. The molecule has 4 rings (SSSR count). The zero-order valence-corrected chi connectivity index (χ0v) is 13.4. The van der Waals surface area contributed by atoms with Crippen molar-refractivity contribution in [3.63, 3.8) is 0 Å². The molecule has 122 valence electrons. The van der Waals surface area contributed by atoms with Gasteiger partial charge in [-0.25, -0.2) is 9.97 Å². The lowest BCUT2D eigenvalue weighted by atomic mass is 10.1. The van der Waals surface area contributed by atoms with Gasteiger partial charge in [-0.05, 0) is 25.5 Å². The van der Waals surface area contributed by atoms with Crippen molar-refractivity contribution in [1.82, 2.24) is 24.3 Å². The Hall–Kier alpha value is -2.96. The lowest BCUT2D eigenvalue weighted by Crippen LogP contribution is -2.15. The zero-order valence-electron chi connectivity index (χ0n) is 13.4. The van der Waals surface area contributed by atoms with E-state index in [0.29, 0.717) is 17.6 Å². The molecule has 1 atom stereocenters. The van der Waals surface area contributed by atoms with E-state index in [4.69, 9.17) is 0 Å². The van der Waals surface area contributed by atoms with Crippen molar-refractivity contribution in [2.45, 2.75) is 26.3 Å². The zero-order chi connectivity index (χ0) is 16.7. The van der Waals surface area contributed by atoms with Gasteiger partial charge in [0.15, 0.2) is 0 Å². The molecule has 0 bridgehead atoms. The summed E-state index contributed by atoms with van der Waals surface area (Å²) < 4.78 is 15.2. The van der Waals surface area contributed by atoms with Gasteiger partial charge in [0.2, 0.25) is 11.9 Å². The van der Waals surface area contributed by atoms with Crippen LogP contribution in [0.2, 0.25) is 0 Å². The maximum Gasteiger partial charge on any atom is 0.224 e. The van der Waals surface area contributed by atoms with E-state index in [2.05, 4.69) is 39.1 Å². The second-order valence-electron chi connectivity index (χ2n) is 5.84. The molecule has 24 heavy (non-hydrogen) atoms. The number of aromatic nitrogens is 5. The smallest absolute Gasteiger partial charge is 0.224 e. The molecule has 0 saturated carbocycles. The Kier molecular flexibility index (Phi) is 3.41. The SMILES string of the molecule is CCC(C)Nc1ncc2c(-c3ccc4ncc(F)n4c3)c[nH]c2n1. The molecule has 0 aromatic carbocycles. The Balaban J connectivity index is 1.77. The average molecular weight is 324 g/mol. The van der Waals surface area contributed by atoms with E-state index >= 15 is 0 Å². The highest BCUT2D eigenvalue weighted by Gasteiger charge is 2.11. The second kappa shape index (κ2) is 5.59. The fraction of sp³-hybridized carbons (Fsp3) is 0.235. The summed E-state index contributed by atoms with van der Waals surface area (Å²) in [5.74, 6) is 0.212. The van der Waals surface area contributed by atoms with Crippen molar-refractivity contribution < 1.29 is 4.39 Å². The van der Waals surface area contributed by atoms with Gasteiger partial charge in [0.25, 0.3) is 0 Å². The molecule has 4 heterocycles. The van der Waals surface area contributed by atoms with E-state index in [9.17, 15) is 4.39 Å². The van der Waals surface area contributed by atoms with Crippen molar-refractivity contribution in [2.75, 3.05) is 5.32 Å². The van der Waals surface area contributed by atoms with Crippen LogP contribution in [0.3, 0.4) is 0 Å². The minimum atomic E-state index is -0.386. The fourth-order valence-corrected chi connectivity index (χ4v) is 2.65. The summed E-state index contributed by atoms with van der Waals surface area (Å²) in [5, 5.41) is 4.15. The Morgan fingerprint density at radius 2 is 2.17 bits per heavy atom. The highest BCUT2D eigenvalue weighted by atomic mass is 19.1. The maximum atomic E-state index is 13.7. The highest BCUT2D eigenvalue weighted by Crippen LogP contribution is 2.28. The van der Waals surface area contributed by atoms with Crippen LogP contribution in [0.25, 0.3) is 27.8 Å². The number of hydrogen-bond acceptors (Lipinski definition) is 4. The molecule has 1 unspecified atom stereocenters. The number of hydrogen-bond donors (Lipinski definition) is 2. The number of pyridine rings is 1. The van der Waals surface area contributed by atoms with Crippen LogP contribution < -0.4 is 5.32 Å². The predicted octanol–water partition coefficient (Wildman–Crippen LogP) is 3.62. The molecule has 7 heteroatoms. The molecule has 0 spiro atoms. The van der Waals surface area contributed by atoms with E-state index in [1.54, 1.807) is 18.5 Å². The van der Waals surface area contributed by atoms with Crippen LogP contribution in [-0.4, -0.2) is 30.4 Å². The van der Waals surface area contributed by atoms with Gasteiger partial charge >= 0.3 is 0 Å². The molecule has 0 amide bonds. The van der Waals surface area contributed by atoms with Gasteiger partial charge in [0.05, 0.1) is 6.20 Å². The summed E-state index contributed by atoms with van der Waals surface area (Å²) in [4.78, 5) is 16.1. The largest absolute Gasteiger partial charge is 0.352 e. The first-order chi connectivity index (χ1) is 11.7. The van der Waals surface area contributed by atoms with E-state index in [-0.39, 0.29) is 5.95 Å². The normalized spacial score (nSPS) is 12.8. The molecular formula is C17H17FN6. The molecule has 0 aliphatic heterocycles. The van der Waals surface area contributed by atoms with Crippen LogP contribution in [0, 0.1) is 5.95 Å². The fourth-order valence-electron chi connectivity index (χ4n) is 2.65. The minimum Gasteiger partial charge on any atom is -0.352 e. The summed E-state index contributed by atoms with van der Waals surface area (Å²) in [6.45, 7) is 4.19. The number of rotatable bonds is 4. The third-order valence-electron chi connectivity index (χ3n) is 4.19. The number of halogens is 1. The molecule has 0 saturated heterocycles. The summed E-state index contributed by atoms with van der Waals surface area (Å²) in [6.07, 6.45) is 7.58. The monoisotopic (exact) mass is 324 g/mol. The van der Waals surface area contributed by atoms with E-state index < -0.39 is 0 Å². The molecule has 0 aliphatic carbocycles. The summed E-state index contributed by atoms with van der Waals surface area (Å²) >= 11 is 0. The average Bonchev–Trinajstić information content (AvgIpc) is 3.18. The first kappa shape index (κ1) is 14.6. The number of imidazole rings is 1. The minimum absolute atomic E-state index is 0.309. The van der Waals surface area contributed by atoms with Crippen molar-refractivity contribution in [3.05, 3.63) is 42.9 Å². The van der Waals surface area contributed by atoms with Gasteiger partial charge in [0, 0.05) is 41.1 Å². The van der Waals surface area contributed by atoms with Crippen LogP contribution in [0.4, 0.5) is 10.3 Å². The van der Waals surface area contributed by atoms with Crippen molar-refractivity contribution >= 4 is 22.6 Å². The van der Waals surface area contributed by atoms with Crippen LogP contribution in [-0.2, 0) is 0 Å². The maximum absolute atomic E-state index is 13.7. The molecule has 2 N–H and O–H groups in total. The van der Waals surface area contributed by atoms with Crippen molar-refractivity contribution in [2.24, 2.45) is 0 Å². The predicted molar refractivity (Wildman–Crippen MR) is 91.4 cm³/mol. The van der Waals surface area contributed by atoms with Crippen LogP contribution in [0.15, 0.2) is 36.9 Å². The first-order valence-electron chi connectivity index (χ1n) is 7.89. The number of H-pyrrole nitrogens is 1. The van der Waals surface area contributed by atoms with Gasteiger partial charge in [-0.2, -0.15) is 9.37 Å². The number of anilines is 1. The molecule has 4 aromatic heterocycles. The Morgan fingerprint density at radius 1 is 1.29 bits per heavy atom. The summed E-state index contributed by atoms with van der Waals surface area (Å²) in [7, 11) is 0. The highest BCUT2D eigenvalue weighted by molar-refractivity contribution is 5.93. The van der Waals surface area contributed by atoms with E-state index in [0.717, 1.165) is 28.6 Å². The number of fused-ring (bicyclic) bond motifs is 2.